The van der Waals surface area contributed by atoms with E-state index < -0.39 is 0 Å². The molecule has 2 rings (SSSR count). The lowest BCUT2D eigenvalue weighted by Gasteiger charge is -2.25. The van der Waals surface area contributed by atoms with Crippen molar-refractivity contribution in [3.8, 4) is 0 Å². The first-order valence-electron chi connectivity index (χ1n) is 8.20. The van der Waals surface area contributed by atoms with Crippen molar-refractivity contribution in [3.63, 3.8) is 0 Å². The maximum Gasteiger partial charge on any atom is 0.223 e. The number of nitrogens with one attached hydrogen (secondary N) is 1. The fourth-order valence-corrected chi connectivity index (χ4v) is 3.86. The first-order chi connectivity index (χ1) is 10.3. The number of aromatic nitrogens is 1. The molecule has 118 valence electrons. The molecule has 5 heteroatoms. The molecule has 4 nitrogen and oxygen atoms in total. The van der Waals surface area contributed by atoms with Gasteiger partial charge in [0.25, 0.3) is 0 Å². The van der Waals surface area contributed by atoms with Gasteiger partial charge in [0.2, 0.25) is 5.91 Å². The Morgan fingerprint density at radius 3 is 2.86 bits per heavy atom. The van der Waals surface area contributed by atoms with Gasteiger partial charge in [-0.3, -0.25) is 4.79 Å². The van der Waals surface area contributed by atoms with Gasteiger partial charge in [-0.15, -0.1) is 11.3 Å². The van der Waals surface area contributed by atoms with Crippen LogP contribution in [0.5, 0.6) is 0 Å². The van der Waals surface area contributed by atoms with Gasteiger partial charge in [0.1, 0.15) is 0 Å². The largest absolute Gasteiger partial charge is 0.354 e. The molecule has 1 aliphatic heterocycles. The van der Waals surface area contributed by atoms with Crippen molar-refractivity contribution in [1.82, 2.24) is 10.3 Å². The highest BCUT2D eigenvalue weighted by Crippen LogP contribution is 2.26. The minimum absolute atomic E-state index is 0.190. The van der Waals surface area contributed by atoms with Crippen molar-refractivity contribution >= 4 is 22.4 Å². The van der Waals surface area contributed by atoms with Crippen LogP contribution >= 0.6 is 11.3 Å². The van der Waals surface area contributed by atoms with Crippen molar-refractivity contribution in [2.75, 3.05) is 18.0 Å². The van der Waals surface area contributed by atoms with E-state index in [9.17, 15) is 4.79 Å². The third-order valence-corrected chi connectivity index (χ3v) is 5.01. The topological polar surface area (TPSA) is 45.2 Å². The van der Waals surface area contributed by atoms with E-state index in [4.69, 9.17) is 0 Å². The van der Waals surface area contributed by atoms with Crippen molar-refractivity contribution in [2.45, 2.75) is 58.4 Å². The Hall–Kier alpha value is -1.10. The molecule has 0 aliphatic carbocycles. The Morgan fingerprint density at radius 1 is 1.48 bits per heavy atom. The number of carbonyl (C=O) groups excluding carboxylic acids is 1. The molecule has 1 atom stereocenters. The van der Waals surface area contributed by atoms with Crippen molar-refractivity contribution in [1.29, 1.82) is 0 Å². The number of rotatable bonds is 8. The third-order valence-electron chi connectivity index (χ3n) is 4.20. The number of hydrogen-bond acceptors (Lipinski definition) is 4. The molecule has 1 aliphatic rings. The van der Waals surface area contributed by atoms with Gasteiger partial charge in [0, 0.05) is 36.6 Å². The predicted octanol–water partition coefficient (Wildman–Crippen LogP) is 3.44. The molecule has 2 heterocycles. The van der Waals surface area contributed by atoms with Crippen LogP contribution in [-0.2, 0) is 4.79 Å². The van der Waals surface area contributed by atoms with Gasteiger partial charge in [0.05, 0.1) is 0 Å². The summed E-state index contributed by atoms with van der Waals surface area (Å²) in [7, 11) is 0. The summed E-state index contributed by atoms with van der Waals surface area (Å²) in [5.41, 5.74) is 0. The monoisotopic (exact) mass is 309 g/mol. The fraction of sp³-hybridized carbons (Fsp3) is 0.750. The number of thiazole rings is 1. The van der Waals surface area contributed by atoms with Gasteiger partial charge in [-0.05, 0) is 25.7 Å². The van der Waals surface area contributed by atoms with Crippen LogP contribution in [0.2, 0.25) is 0 Å². The molecule has 0 bridgehead atoms. The fourth-order valence-electron chi connectivity index (χ4n) is 3.12. The summed E-state index contributed by atoms with van der Waals surface area (Å²) >= 11 is 1.68. The van der Waals surface area contributed by atoms with Crippen LogP contribution in [0.4, 0.5) is 5.13 Å². The van der Waals surface area contributed by atoms with E-state index in [0.717, 1.165) is 50.3 Å². The molecule has 21 heavy (non-hydrogen) atoms. The summed E-state index contributed by atoms with van der Waals surface area (Å²) in [6.45, 7) is 6.11. The van der Waals surface area contributed by atoms with E-state index in [1.54, 1.807) is 11.3 Å². The molecular formula is C16H27N3OS. The van der Waals surface area contributed by atoms with Gasteiger partial charge in [-0.2, -0.15) is 0 Å². The lowest BCUT2D eigenvalue weighted by molar-refractivity contribution is -0.125. The Kier molecular flexibility index (Phi) is 6.49. The zero-order chi connectivity index (χ0) is 15.1. The quantitative estimate of drug-likeness (QED) is 0.800. The van der Waals surface area contributed by atoms with Crippen LogP contribution in [0.1, 0.15) is 52.4 Å². The number of amides is 1. The number of hydrogen-bond donors (Lipinski definition) is 1. The zero-order valence-corrected chi connectivity index (χ0v) is 14.0. The number of anilines is 1. The normalized spacial score (nSPS) is 18.4. The second-order valence-corrected chi connectivity index (χ2v) is 6.70. The van der Waals surface area contributed by atoms with Crippen molar-refractivity contribution in [2.24, 2.45) is 5.92 Å². The van der Waals surface area contributed by atoms with E-state index in [1.807, 2.05) is 11.6 Å². The van der Waals surface area contributed by atoms with Gasteiger partial charge in [0.15, 0.2) is 5.13 Å². The van der Waals surface area contributed by atoms with Crippen LogP contribution in [-0.4, -0.2) is 30.0 Å². The highest BCUT2D eigenvalue weighted by Gasteiger charge is 2.27. The molecule has 1 N–H and O–H groups in total. The van der Waals surface area contributed by atoms with Crippen LogP contribution in [0.15, 0.2) is 11.6 Å². The molecule has 0 aromatic carbocycles. The standard InChI is InChI=1S/C16H27N3OS/c1-3-6-13(7-4-2)15(20)18-12-14-8-5-10-19(14)16-17-9-11-21-16/h9,11,13-14H,3-8,10,12H2,1-2H3,(H,18,20). The summed E-state index contributed by atoms with van der Waals surface area (Å²) in [5.74, 6) is 0.430. The SMILES string of the molecule is CCCC(CCC)C(=O)NCC1CCCN1c1nccs1. The van der Waals surface area contributed by atoms with Crippen LogP contribution < -0.4 is 10.2 Å². The maximum absolute atomic E-state index is 12.3. The maximum atomic E-state index is 12.3. The molecule has 1 amide bonds. The zero-order valence-electron chi connectivity index (χ0n) is 13.2. The average molecular weight is 309 g/mol. The molecule has 0 radical (unpaired) electrons. The van der Waals surface area contributed by atoms with E-state index in [2.05, 4.69) is 29.0 Å². The lowest BCUT2D eigenvalue weighted by Crippen LogP contribution is -2.42. The van der Waals surface area contributed by atoms with Crippen LogP contribution in [0.3, 0.4) is 0 Å². The first-order valence-corrected chi connectivity index (χ1v) is 9.08. The molecule has 0 saturated carbocycles. The van der Waals surface area contributed by atoms with E-state index in [0.29, 0.717) is 6.04 Å². The number of carbonyl (C=O) groups is 1. The minimum atomic E-state index is 0.190. The van der Waals surface area contributed by atoms with Crippen LogP contribution in [0, 0.1) is 5.92 Å². The summed E-state index contributed by atoms with van der Waals surface area (Å²) in [4.78, 5) is 19.1. The summed E-state index contributed by atoms with van der Waals surface area (Å²) in [6.07, 6.45) is 8.34. The molecule has 1 aromatic rings. The Bertz CT molecular complexity index is 415. The second-order valence-electron chi connectivity index (χ2n) is 5.82. The van der Waals surface area contributed by atoms with E-state index in [1.165, 1.54) is 6.42 Å². The third kappa shape index (κ3) is 4.43. The van der Waals surface area contributed by atoms with Gasteiger partial charge in [-0.1, -0.05) is 26.7 Å². The Labute approximate surface area is 132 Å². The summed E-state index contributed by atoms with van der Waals surface area (Å²) < 4.78 is 0. The Morgan fingerprint density at radius 2 is 2.24 bits per heavy atom. The average Bonchev–Trinajstić information content (AvgIpc) is 3.14. The molecule has 1 saturated heterocycles. The van der Waals surface area contributed by atoms with Gasteiger partial charge >= 0.3 is 0 Å². The van der Waals surface area contributed by atoms with Gasteiger partial charge < -0.3 is 10.2 Å². The first kappa shape index (κ1) is 16.3. The lowest BCUT2D eigenvalue weighted by atomic mass is 9.97. The minimum Gasteiger partial charge on any atom is -0.354 e. The van der Waals surface area contributed by atoms with E-state index in [-0.39, 0.29) is 11.8 Å². The molecule has 1 fully saturated rings. The highest BCUT2D eigenvalue weighted by molar-refractivity contribution is 7.13. The molecular weight excluding hydrogens is 282 g/mol. The van der Waals surface area contributed by atoms with Crippen LogP contribution in [0.25, 0.3) is 0 Å². The molecule has 1 unspecified atom stereocenters. The van der Waals surface area contributed by atoms with Crippen molar-refractivity contribution < 1.29 is 4.79 Å². The predicted molar refractivity (Wildman–Crippen MR) is 88.8 cm³/mol. The Balaban J connectivity index is 1.85. The smallest absolute Gasteiger partial charge is 0.223 e. The second kappa shape index (κ2) is 8.37. The summed E-state index contributed by atoms with van der Waals surface area (Å²) in [5, 5.41) is 6.29. The number of nitrogens with zero attached hydrogens (tertiary/aromatic N) is 2. The van der Waals surface area contributed by atoms with Gasteiger partial charge in [-0.25, -0.2) is 4.98 Å². The highest BCUT2D eigenvalue weighted by atomic mass is 32.1. The van der Waals surface area contributed by atoms with Crippen molar-refractivity contribution in [3.05, 3.63) is 11.6 Å². The summed E-state index contributed by atoms with van der Waals surface area (Å²) in [6, 6.07) is 0.406. The molecule has 1 aromatic heterocycles. The molecule has 0 spiro atoms. The van der Waals surface area contributed by atoms with E-state index >= 15 is 0 Å².